The van der Waals surface area contributed by atoms with E-state index in [-0.39, 0.29) is 18.7 Å². The Morgan fingerprint density at radius 3 is 2.15 bits per heavy atom. The van der Waals surface area contributed by atoms with Gasteiger partial charge in [-0.1, -0.05) is 54.1 Å². The number of carbonyl (C=O) groups is 2. The van der Waals surface area contributed by atoms with Crippen LogP contribution in [0.3, 0.4) is 0 Å². The van der Waals surface area contributed by atoms with Crippen molar-refractivity contribution in [3.8, 4) is 0 Å². The van der Waals surface area contributed by atoms with Crippen molar-refractivity contribution in [3.05, 3.63) is 101 Å². The summed E-state index contributed by atoms with van der Waals surface area (Å²) in [5.74, 6) is -3.58. The molecule has 0 radical (unpaired) electrons. The minimum atomic E-state index is -4.11. The van der Waals surface area contributed by atoms with Gasteiger partial charge in [0.05, 0.1) is 11.9 Å². The first-order valence-electron chi connectivity index (χ1n) is 12.5. The molecule has 1 N–H and O–H groups in total. The summed E-state index contributed by atoms with van der Waals surface area (Å²) in [6.07, 6.45) is 0.996. The third-order valence-electron chi connectivity index (χ3n) is 5.88. The number of hydrogen-bond donors (Lipinski definition) is 1. The van der Waals surface area contributed by atoms with E-state index in [1.54, 1.807) is 24.3 Å². The summed E-state index contributed by atoms with van der Waals surface area (Å²) in [5, 5.41) is 3.34. The monoisotopic (exact) mass is 591 g/mol. The minimum absolute atomic E-state index is 0.0656. The summed E-state index contributed by atoms with van der Waals surface area (Å²) >= 11 is 6.18. The Balaban J connectivity index is 2.09. The zero-order valence-corrected chi connectivity index (χ0v) is 24.3. The molecular formula is C29H32ClF2N3O4S. The van der Waals surface area contributed by atoms with Gasteiger partial charge < -0.3 is 10.2 Å². The first kappa shape index (κ1) is 31.0. The summed E-state index contributed by atoms with van der Waals surface area (Å²) in [7, 11) is -4.11. The van der Waals surface area contributed by atoms with Gasteiger partial charge in [-0.25, -0.2) is 17.2 Å². The lowest BCUT2D eigenvalue weighted by molar-refractivity contribution is -0.140. The predicted molar refractivity (Wildman–Crippen MR) is 152 cm³/mol. The Morgan fingerprint density at radius 1 is 0.925 bits per heavy atom. The van der Waals surface area contributed by atoms with E-state index in [1.165, 1.54) is 4.90 Å². The fourth-order valence-electron chi connectivity index (χ4n) is 4.09. The Morgan fingerprint density at radius 2 is 1.57 bits per heavy atom. The number of hydrogen-bond acceptors (Lipinski definition) is 4. The molecule has 3 rings (SSSR count). The SMILES string of the molecule is CC(C)(C)NC(=O)[C@@H](Cc1ccccc1)N(Cc1cccc(Cl)c1)C(=O)CN(c1ccc(F)c(F)c1)S(C)(=O)=O. The molecule has 0 aromatic heterocycles. The van der Waals surface area contributed by atoms with Gasteiger partial charge in [-0.2, -0.15) is 0 Å². The molecule has 0 saturated heterocycles. The highest BCUT2D eigenvalue weighted by molar-refractivity contribution is 7.92. The second-order valence-corrected chi connectivity index (χ2v) is 12.8. The molecule has 40 heavy (non-hydrogen) atoms. The van der Waals surface area contributed by atoms with Gasteiger partial charge >= 0.3 is 0 Å². The minimum Gasteiger partial charge on any atom is -0.350 e. The number of carbonyl (C=O) groups excluding carboxylic acids is 2. The Hall–Kier alpha value is -3.50. The van der Waals surface area contributed by atoms with E-state index >= 15 is 0 Å². The maximum atomic E-state index is 14.0. The molecule has 1 atom stereocenters. The van der Waals surface area contributed by atoms with Gasteiger partial charge in [0.15, 0.2) is 11.6 Å². The molecule has 0 aliphatic rings. The van der Waals surface area contributed by atoms with Gasteiger partial charge in [0.1, 0.15) is 12.6 Å². The maximum Gasteiger partial charge on any atom is 0.244 e. The van der Waals surface area contributed by atoms with Crippen LogP contribution in [0.25, 0.3) is 0 Å². The second kappa shape index (κ2) is 12.8. The smallest absolute Gasteiger partial charge is 0.244 e. The molecule has 7 nitrogen and oxygen atoms in total. The van der Waals surface area contributed by atoms with E-state index in [0.717, 1.165) is 24.0 Å². The fourth-order valence-corrected chi connectivity index (χ4v) is 5.15. The van der Waals surface area contributed by atoms with Gasteiger partial charge in [-0.3, -0.25) is 13.9 Å². The van der Waals surface area contributed by atoms with E-state index in [4.69, 9.17) is 11.6 Å². The van der Waals surface area contributed by atoms with Crippen LogP contribution in [0.2, 0.25) is 5.02 Å². The normalized spacial score (nSPS) is 12.5. The van der Waals surface area contributed by atoms with Crippen molar-refractivity contribution in [2.24, 2.45) is 0 Å². The molecule has 3 aromatic carbocycles. The van der Waals surface area contributed by atoms with Gasteiger partial charge in [-0.15, -0.1) is 0 Å². The van der Waals surface area contributed by atoms with Gasteiger partial charge in [-0.05, 0) is 56.2 Å². The molecule has 0 spiro atoms. The summed E-state index contributed by atoms with van der Waals surface area (Å²) in [6, 6.07) is 17.4. The van der Waals surface area contributed by atoms with Crippen molar-refractivity contribution in [2.45, 2.75) is 45.3 Å². The number of amides is 2. The lowest BCUT2D eigenvalue weighted by Gasteiger charge is -2.35. The van der Waals surface area contributed by atoms with Crippen molar-refractivity contribution in [1.82, 2.24) is 10.2 Å². The molecular weight excluding hydrogens is 560 g/mol. The maximum absolute atomic E-state index is 14.0. The summed E-state index contributed by atoms with van der Waals surface area (Å²) < 4.78 is 53.7. The molecule has 0 heterocycles. The fraction of sp³-hybridized carbons (Fsp3) is 0.310. The molecule has 0 unspecified atom stereocenters. The molecule has 0 fully saturated rings. The van der Waals surface area contributed by atoms with Crippen molar-refractivity contribution < 1.29 is 26.8 Å². The van der Waals surface area contributed by atoms with Crippen LogP contribution in [0, 0.1) is 11.6 Å². The molecule has 0 saturated carbocycles. The number of anilines is 1. The van der Waals surface area contributed by atoms with Crippen molar-refractivity contribution in [3.63, 3.8) is 0 Å². The van der Waals surface area contributed by atoms with E-state index in [2.05, 4.69) is 5.32 Å². The molecule has 11 heteroatoms. The number of nitrogens with zero attached hydrogens (tertiary/aromatic N) is 2. The third-order valence-corrected chi connectivity index (χ3v) is 7.26. The molecule has 0 aliphatic carbocycles. The average molecular weight is 592 g/mol. The van der Waals surface area contributed by atoms with Crippen LogP contribution in [0.4, 0.5) is 14.5 Å². The molecule has 0 aliphatic heterocycles. The van der Waals surface area contributed by atoms with Crippen LogP contribution < -0.4 is 9.62 Å². The largest absolute Gasteiger partial charge is 0.350 e. The highest BCUT2D eigenvalue weighted by atomic mass is 35.5. The molecule has 214 valence electrons. The Kier molecular flexibility index (Phi) is 9.92. The first-order valence-corrected chi connectivity index (χ1v) is 14.7. The zero-order chi connectivity index (χ0) is 29.7. The van der Waals surface area contributed by atoms with Crippen molar-refractivity contribution in [2.75, 3.05) is 17.1 Å². The quantitative estimate of drug-likeness (QED) is 0.362. The number of benzene rings is 3. The zero-order valence-electron chi connectivity index (χ0n) is 22.7. The predicted octanol–water partition coefficient (Wildman–Crippen LogP) is 4.94. The summed E-state index contributed by atoms with van der Waals surface area (Å²) in [5.41, 5.74) is 0.541. The van der Waals surface area contributed by atoms with Crippen LogP contribution in [0.15, 0.2) is 72.8 Å². The topological polar surface area (TPSA) is 86.8 Å². The molecule has 0 bridgehead atoms. The average Bonchev–Trinajstić information content (AvgIpc) is 2.85. The van der Waals surface area contributed by atoms with Crippen LogP contribution in [0.5, 0.6) is 0 Å². The van der Waals surface area contributed by atoms with E-state index in [1.807, 2.05) is 51.1 Å². The van der Waals surface area contributed by atoms with Crippen LogP contribution in [-0.4, -0.2) is 49.5 Å². The first-order chi connectivity index (χ1) is 18.6. The molecule has 2 amide bonds. The van der Waals surface area contributed by atoms with Crippen molar-refractivity contribution >= 4 is 39.1 Å². The van der Waals surface area contributed by atoms with Gasteiger partial charge in [0.2, 0.25) is 21.8 Å². The van der Waals surface area contributed by atoms with Crippen molar-refractivity contribution in [1.29, 1.82) is 0 Å². The second-order valence-electron chi connectivity index (χ2n) is 10.5. The van der Waals surface area contributed by atoms with Gasteiger partial charge in [0, 0.05) is 29.6 Å². The molecule has 3 aromatic rings. The Bertz CT molecular complexity index is 1460. The highest BCUT2D eigenvalue weighted by Gasteiger charge is 2.34. The summed E-state index contributed by atoms with van der Waals surface area (Å²) in [6.45, 7) is 4.61. The van der Waals surface area contributed by atoms with Crippen LogP contribution in [-0.2, 0) is 32.6 Å². The number of halogens is 3. The van der Waals surface area contributed by atoms with Crippen LogP contribution >= 0.6 is 11.6 Å². The number of rotatable bonds is 10. The van der Waals surface area contributed by atoms with Crippen LogP contribution in [0.1, 0.15) is 31.9 Å². The lowest BCUT2D eigenvalue weighted by atomic mass is 10.0. The lowest BCUT2D eigenvalue weighted by Crippen LogP contribution is -2.56. The standard InChI is InChI=1S/C29H32ClF2N3O4S/c1-29(2,3)33-28(37)26(16-20-9-6-5-7-10-20)34(18-21-11-8-12-22(30)15-21)27(36)19-35(40(4,38)39)23-13-14-24(31)25(32)17-23/h5-15,17,26H,16,18-19H2,1-4H3,(H,33,37)/t26-/m1/s1. The number of sulfonamides is 1. The third kappa shape index (κ3) is 8.76. The van der Waals surface area contributed by atoms with Gasteiger partial charge in [0.25, 0.3) is 0 Å². The summed E-state index contributed by atoms with van der Waals surface area (Å²) in [4.78, 5) is 28.9. The highest BCUT2D eigenvalue weighted by Crippen LogP contribution is 2.23. The van der Waals surface area contributed by atoms with E-state index in [9.17, 15) is 26.8 Å². The van der Waals surface area contributed by atoms with E-state index in [0.29, 0.717) is 21.0 Å². The Labute approximate surface area is 238 Å². The van der Waals surface area contributed by atoms with E-state index < -0.39 is 51.6 Å². The number of nitrogens with one attached hydrogen (secondary N) is 1.